The van der Waals surface area contributed by atoms with Crippen molar-refractivity contribution in [1.29, 1.82) is 0 Å². The molecule has 5 nitrogen and oxygen atoms in total. The topological polar surface area (TPSA) is 58.6 Å². The first-order valence-corrected chi connectivity index (χ1v) is 8.89. The molecule has 0 aliphatic carbocycles. The van der Waals surface area contributed by atoms with Crippen molar-refractivity contribution in [3.05, 3.63) is 29.8 Å². The van der Waals surface area contributed by atoms with Crippen molar-refractivity contribution in [3.8, 4) is 0 Å². The monoisotopic (exact) mass is 312 g/mol. The zero-order chi connectivity index (χ0) is 15.3. The van der Waals surface area contributed by atoms with Crippen LogP contribution in [0.25, 0.3) is 0 Å². The second-order valence-corrected chi connectivity index (χ2v) is 7.23. The summed E-state index contributed by atoms with van der Waals surface area (Å²) < 4.78 is 32.0. The number of hydrogen-bond acceptors (Lipinski definition) is 4. The van der Waals surface area contributed by atoms with Gasteiger partial charge in [-0.25, -0.2) is 8.42 Å². The third kappa shape index (κ3) is 4.26. The largest absolute Gasteiger partial charge is 0.376 e. The first-order chi connectivity index (χ1) is 10.0. The lowest BCUT2D eigenvalue weighted by Crippen LogP contribution is -2.44. The summed E-state index contributed by atoms with van der Waals surface area (Å²) in [6, 6.07) is 7.20. The summed E-state index contributed by atoms with van der Waals surface area (Å²) >= 11 is 0. The third-order valence-electron chi connectivity index (χ3n) is 3.61. The van der Waals surface area contributed by atoms with E-state index in [2.05, 4.69) is 12.2 Å². The Bertz CT molecular complexity index is 543. The summed E-state index contributed by atoms with van der Waals surface area (Å²) in [4.78, 5) is 0.365. The van der Waals surface area contributed by atoms with E-state index in [-0.39, 0.29) is 6.10 Å². The second-order valence-electron chi connectivity index (χ2n) is 5.29. The highest BCUT2D eigenvalue weighted by Gasteiger charge is 2.28. The van der Waals surface area contributed by atoms with Gasteiger partial charge in [-0.05, 0) is 44.1 Å². The smallest absolute Gasteiger partial charge is 0.243 e. The molecule has 0 spiro atoms. The van der Waals surface area contributed by atoms with Crippen LogP contribution in [-0.2, 0) is 21.2 Å². The summed E-state index contributed by atoms with van der Waals surface area (Å²) in [5.41, 5.74) is 1.14. The first kappa shape index (κ1) is 16.4. The van der Waals surface area contributed by atoms with E-state index in [9.17, 15) is 8.42 Å². The highest BCUT2D eigenvalue weighted by atomic mass is 32.2. The Morgan fingerprint density at radius 2 is 2.05 bits per heavy atom. The zero-order valence-corrected chi connectivity index (χ0v) is 13.5. The normalized spacial score (nSPS) is 20.6. The molecular weight excluding hydrogens is 288 g/mol. The van der Waals surface area contributed by atoms with Gasteiger partial charge < -0.3 is 10.1 Å². The third-order valence-corrected chi connectivity index (χ3v) is 5.48. The molecule has 1 unspecified atom stereocenters. The van der Waals surface area contributed by atoms with Gasteiger partial charge in [0.2, 0.25) is 10.0 Å². The maximum atomic E-state index is 12.6. The van der Waals surface area contributed by atoms with E-state index in [0.717, 1.165) is 25.1 Å². The van der Waals surface area contributed by atoms with Crippen molar-refractivity contribution in [2.24, 2.45) is 0 Å². The van der Waals surface area contributed by atoms with Gasteiger partial charge in [0.1, 0.15) is 0 Å². The van der Waals surface area contributed by atoms with Crippen LogP contribution in [0.4, 0.5) is 0 Å². The van der Waals surface area contributed by atoms with Gasteiger partial charge in [0.05, 0.1) is 17.6 Å². The summed E-state index contributed by atoms with van der Waals surface area (Å²) in [5, 5.41) is 3.26. The Balaban J connectivity index is 2.06. The van der Waals surface area contributed by atoms with Crippen LogP contribution in [0, 0.1) is 0 Å². The average Bonchev–Trinajstić information content (AvgIpc) is 2.48. The molecular formula is C15H24N2O3S. The number of ether oxygens (including phenoxy) is 1. The predicted molar refractivity (Wildman–Crippen MR) is 82.9 cm³/mol. The minimum Gasteiger partial charge on any atom is -0.376 e. The van der Waals surface area contributed by atoms with Crippen molar-refractivity contribution in [2.45, 2.75) is 31.3 Å². The second kappa shape index (κ2) is 7.35. The number of sulfonamides is 1. The van der Waals surface area contributed by atoms with E-state index < -0.39 is 10.0 Å². The van der Waals surface area contributed by atoms with Gasteiger partial charge in [0.25, 0.3) is 0 Å². The Labute approximate surface area is 127 Å². The molecule has 1 aliphatic rings. The van der Waals surface area contributed by atoms with E-state index in [1.165, 1.54) is 4.31 Å². The molecule has 21 heavy (non-hydrogen) atoms. The molecule has 1 aromatic rings. The number of hydrogen-bond donors (Lipinski definition) is 1. The van der Waals surface area contributed by atoms with Gasteiger partial charge in [0.15, 0.2) is 0 Å². The van der Waals surface area contributed by atoms with Crippen LogP contribution in [0.2, 0.25) is 0 Å². The lowest BCUT2D eigenvalue weighted by molar-refractivity contribution is 0.0102. The summed E-state index contributed by atoms with van der Waals surface area (Å²) in [5.74, 6) is 0. The molecule has 0 radical (unpaired) electrons. The summed E-state index contributed by atoms with van der Waals surface area (Å²) in [6.45, 7) is 7.12. The lowest BCUT2D eigenvalue weighted by Gasteiger charge is -2.30. The maximum absolute atomic E-state index is 12.6. The number of nitrogens with one attached hydrogen (secondary N) is 1. The molecule has 2 rings (SSSR count). The van der Waals surface area contributed by atoms with E-state index in [0.29, 0.717) is 24.6 Å². The molecule has 1 atom stereocenters. The van der Waals surface area contributed by atoms with Crippen LogP contribution in [0.15, 0.2) is 29.2 Å². The van der Waals surface area contributed by atoms with Gasteiger partial charge in [-0.3, -0.25) is 0 Å². The molecule has 1 aromatic carbocycles. The molecule has 1 fully saturated rings. The molecule has 6 heteroatoms. The fourth-order valence-corrected chi connectivity index (χ4v) is 3.89. The fourth-order valence-electron chi connectivity index (χ4n) is 2.39. The van der Waals surface area contributed by atoms with Gasteiger partial charge in [-0.2, -0.15) is 4.31 Å². The van der Waals surface area contributed by atoms with Crippen LogP contribution in [-0.4, -0.2) is 51.6 Å². The molecule has 0 amide bonds. The standard InChI is InChI=1S/C15H24N2O3S/c1-3-16-9-8-14-4-6-15(7-5-14)21(18,19)17-10-11-20-13(2)12-17/h4-7,13,16H,3,8-12H2,1-2H3. The van der Waals surface area contributed by atoms with Crippen molar-refractivity contribution >= 4 is 10.0 Å². The molecule has 118 valence electrons. The van der Waals surface area contributed by atoms with Crippen LogP contribution in [0.5, 0.6) is 0 Å². The van der Waals surface area contributed by atoms with E-state index in [1.54, 1.807) is 12.1 Å². The molecule has 1 N–H and O–H groups in total. The van der Waals surface area contributed by atoms with Crippen molar-refractivity contribution in [2.75, 3.05) is 32.8 Å². The summed E-state index contributed by atoms with van der Waals surface area (Å²) in [6.07, 6.45) is 0.857. The zero-order valence-electron chi connectivity index (χ0n) is 12.7. The molecule has 0 aromatic heterocycles. The minimum absolute atomic E-state index is 0.0482. The molecule has 1 aliphatic heterocycles. The van der Waals surface area contributed by atoms with Crippen LogP contribution in [0.3, 0.4) is 0 Å². The van der Waals surface area contributed by atoms with Crippen molar-refractivity contribution < 1.29 is 13.2 Å². The van der Waals surface area contributed by atoms with Crippen LogP contribution >= 0.6 is 0 Å². The van der Waals surface area contributed by atoms with Crippen molar-refractivity contribution in [1.82, 2.24) is 9.62 Å². The molecule has 0 bridgehead atoms. The van der Waals surface area contributed by atoms with Gasteiger partial charge >= 0.3 is 0 Å². The number of nitrogens with zero attached hydrogens (tertiary/aromatic N) is 1. The SMILES string of the molecule is CCNCCc1ccc(S(=O)(=O)N2CCOC(C)C2)cc1. The average molecular weight is 312 g/mol. The van der Waals surface area contributed by atoms with Crippen LogP contribution in [0.1, 0.15) is 19.4 Å². The number of rotatable bonds is 6. The number of benzene rings is 1. The maximum Gasteiger partial charge on any atom is 0.243 e. The molecule has 0 saturated carbocycles. The van der Waals surface area contributed by atoms with Gasteiger partial charge in [-0.15, -0.1) is 0 Å². The molecule has 1 saturated heterocycles. The fraction of sp³-hybridized carbons (Fsp3) is 0.600. The predicted octanol–water partition coefficient (Wildman–Crippen LogP) is 1.25. The first-order valence-electron chi connectivity index (χ1n) is 7.45. The highest BCUT2D eigenvalue weighted by Crippen LogP contribution is 2.19. The van der Waals surface area contributed by atoms with Gasteiger partial charge in [0, 0.05) is 13.1 Å². The summed E-state index contributed by atoms with van der Waals surface area (Å²) in [7, 11) is -3.40. The highest BCUT2D eigenvalue weighted by molar-refractivity contribution is 7.89. The van der Waals surface area contributed by atoms with E-state index in [4.69, 9.17) is 4.74 Å². The van der Waals surface area contributed by atoms with Gasteiger partial charge in [-0.1, -0.05) is 19.1 Å². The minimum atomic E-state index is -3.40. The molecule has 1 heterocycles. The Morgan fingerprint density at radius 3 is 2.67 bits per heavy atom. The Morgan fingerprint density at radius 1 is 1.33 bits per heavy atom. The quantitative estimate of drug-likeness (QED) is 0.803. The van der Waals surface area contributed by atoms with E-state index >= 15 is 0 Å². The Kier molecular flexibility index (Phi) is 5.75. The number of likely N-dealkylation sites (N-methyl/N-ethyl adjacent to an activating group) is 1. The van der Waals surface area contributed by atoms with E-state index in [1.807, 2.05) is 19.1 Å². The Hall–Kier alpha value is -0.950. The van der Waals surface area contributed by atoms with Crippen molar-refractivity contribution in [3.63, 3.8) is 0 Å². The number of morpholine rings is 1. The lowest BCUT2D eigenvalue weighted by atomic mass is 10.1. The van der Waals surface area contributed by atoms with Crippen LogP contribution < -0.4 is 5.32 Å².